The quantitative estimate of drug-likeness (QED) is 0.386. The van der Waals surface area contributed by atoms with Crippen LogP contribution in [0.4, 0.5) is 5.69 Å². The summed E-state index contributed by atoms with van der Waals surface area (Å²) in [6, 6.07) is 9.72. The standard InChI is InChI=1S/C23H27N7O2.ClH/c1-25-11-13-32-20-6-2-5-19(29-20)18-14-27-23-17(8-10-26-23)22(18)28-16-4-3-12-30(15-16)21(31)7-9-24;/h2,5-6,8,10,14,16,25H,3-4,7,11-13,15H2,1H3,(H2,26,27,28);1H/t16-;/m1./s1. The topological polar surface area (TPSA) is 119 Å². The van der Waals surface area contributed by atoms with E-state index in [9.17, 15) is 4.79 Å². The second-order valence-electron chi connectivity index (χ2n) is 7.76. The molecule has 0 spiro atoms. The van der Waals surface area contributed by atoms with Crippen LogP contribution in [-0.4, -0.2) is 65.1 Å². The van der Waals surface area contributed by atoms with E-state index in [4.69, 9.17) is 10.00 Å². The van der Waals surface area contributed by atoms with Crippen molar-refractivity contribution in [1.29, 1.82) is 5.26 Å². The van der Waals surface area contributed by atoms with Gasteiger partial charge in [-0.15, -0.1) is 0 Å². The molecule has 0 aromatic carbocycles. The molecule has 1 aliphatic rings. The molecule has 1 aliphatic heterocycles. The van der Waals surface area contributed by atoms with Crippen molar-refractivity contribution in [3.63, 3.8) is 0 Å². The third-order valence-corrected chi connectivity index (χ3v) is 5.54. The lowest BCUT2D eigenvalue weighted by atomic mass is 10.0. The molecule has 1 saturated heterocycles. The largest absolute Gasteiger partial charge is 1.00 e. The molecule has 0 radical (unpaired) electrons. The number of aromatic amines is 1. The first kappa shape index (κ1) is 24.3. The Balaban J connectivity index is 0.00000204. The molecular formula is C23H28ClN7O2. The van der Waals surface area contributed by atoms with Gasteiger partial charge >= 0.3 is 1.43 Å². The van der Waals surface area contributed by atoms with Crippen molar-refractivity contribution in [2.75, 3.05) is 38.6 Å². The Morgan fingerprint density at radius 1 is 1.42 bits per heavy atom. The second kappa shape index (κ2) is 11.5. The van der Waals surface area contributed by atoms with Gasteiger partial charge in [0.2, 0.25) is 11.8 Å². The molecule has 3 aromatic heterocycles. The van der Waals surface area contributed by atoms with Gasteiger partial charge in [0, 0.05) is 55.1 Å². The van der Waals surface area contributed by atoms with E-state index in [2.05, 4.69) is 25.6 Å². The van der Waals surface area contributed by atoms with Gasteiger partial charge in [-0.25, -0.2) is 9.97 Å². The summed E-state index contributed by atoms with van der Waals surface area (Å²) in [4.78, 5) is 26.4. The number of H-pyrrole nitrogens is 1. The molecule has 1 atom stereocenters. The van der Waals surface area contributed by atoms with Gasteiger partial charge in [0.15, 0.2) is 0 Å². The van der Waals surface area contributed by atoms with Crippen molar-refractivity contribution in [3.05, 3.63) is 36.7 Å². The van der Waals surface area contributed by atoms with Crippen molar-refractivity contribution in [2.24, 2.45) is 0 Å². The van der Waals surface area contributed by atoms with E-state index in [1.54, 1.807) is 4.90 Å². The number of hydrogen-bond acceptors (Lipinski definition) is 7. The maximum Gasteiger partial charge on any atom is 1.00 e. The number of ether oxygens (including phenoxy) is 1. The Bertz CT molecular complexity index is 1130. The first-order valence-electron chi connectivity index (χ1n) is 10.8. The highest BCUT2D eigenvalue weighted by Gasteiger charge is 2.25. The predicted octanol–water partition coefficient (Wildman–Crippen LogP) is -0.344. The van der Waals surface area contributed by atoms with Crippen LogP contribution in [0.2, 0.25) is 0 Å². The SMILES string of the molecule is CNCCOc1cccc(-c2cnc3[nH]ccc3c2N[C@@H]2CCCN(C(=O)CC#N)C2)n1.[Cl-].[H+]. The van der Waals surface area contributed by atoms with Crippen LogP contribution in [0.1, 0.15) is 20.7 Å². The lowest BCUT2D eigenvalue weighted by Crippen LogP contribution is -3.00. The summed E-state index contributed by atoms with van der Waals surface area (Å²) < 4.78 is 5.74. The molecule has 4 heterocycles. The normalized spacial score (nSPS) is 15.5. The number of rotatable bonds is 8. The third kappa shape index (κ3) is 5.72. The second-order valence-corrected chi connectivity index (χ2v) is 7.76. The number of amides is 1. The Hall–Kier alpha value is -3.35. The van der Waals surface area contributed by atoms with Crippen LogP contribution in [0.15, 0.2) is 36.7 Å². The van der Waals surface area contributed by atoms with Gasteiger partial charge in [0.25, 0.3) is 0 Å². The highest BCUT2D eigenvalue weighted by atomic mass is 35.5. The van der Waals surface area contributed by atoms with Crippen LogP contribution in [0.25, 0.3) is 22.3 Å². The van der Waals surface area contributed by atoms with Gasteiger partial charge in [-0.3, -0.25) is 4.79 Å². The van der Waals surface area contributed by atoms with E-state index in [0.717, 1.165) is 47.4 Å². The number of nitrogens with one attached hydrogen (secondary N) is 3. The molecular weight excluding hydrogens is 442 g/mol. The van der Waals surface area contributed by atoms with E-state index in [0.29, 0.717) is 25.6 Å². The highest BCUT2D eigenvalue weighted by Crippen LogP contribution is 2.34. The van der Waals surface area contributed by atoms with Crippen LogP contribution in [0.5, 0.6) is 5.88 Å². The summed E-state index contributed by atoms with van der Waals surface area (Å²) in [5.74, 6) is 0.442. The van der Waals surface area contributed by atoms with Crippen LogP contribution in [0, 0.1) is 11.3 Å². The fourth-order valence-corrected chi connectivity index (χ4v) is 3.97. The number of pyridine rings is 2. The summed E-state index contributed by atoms with van der Waals surface area (Å²) in [5.41, 5.74) is 3.34. The number of piperidine rings is 1. The van der Waals surface area contributed by atoms with Gasteiger partial charge in [0.1, 0.15) is 18.7 Å². The lowest BCUT2D eigenvalue weighted by molar-refractivity contribution is -0.131. The van der Waals surface area contributed by atoms with Crippen LogP contribution < -0.4 is 27.8 Å². The number of hydrogen-bond donors (Lipinski definition) is 3. The number of aromatic nitrogens is 3. The zero-order valence-electron chi connectivity index (χ0n) is 19.5. The number of anilines is 1. The molecule has 0 aliphatic carbocycles. The number of carbonyl (C=O) groups excluding carboxylic acids is 1. The third-order valence-electron chi connectivity index (χ3n) is 5.54. The molecule has 1 amide bonds. The summed E-state index contributed by atoms with van der Waals surface area (Å²) >= 11 is 0. The average molecular weight is 470 g/mol. The van der Waals surface area contributed by atoms with Gasteiger partial charge in [0.05, 0.1) is 17.5 Å². The number of nitriles is 1. The first-order chi connectivity index (χ1) is 15.7. The van der Waals surface area contributed by atoms with Gasteiger partial charge in [-0.2, -0.15) is 5.26 Å². The molecule has 1 fully saturated rings. The van der Waals surface area contributed by atoms with Crippen molar-refractivity contribution in [1.82, 2.24) is 25.2 Å². The van der Waals surface area contributed by atoms with Crippen LogP contribution in [0.3, 0.4) is 0 Å². The van der Waals surface area contributed by atoms with E-state index in [1.807, 2.05) is 49.8 Å². The summed E-state index contributed by atoms with van der Waals surface area (Å²) in [5, 5.41) is 16.5. The molecule has 33 heavy (non-hydrogen) atoms. The highest BCUT2D eigenvalue weighted by molar-refractivity contribution is 5.97. The van der Waals surface area contributed by atoms with Crippen molar-refractivity contribution in [2.45, 2.75) is 25.3 Å². The Kier molecular flexibility index (Phi) is 8.46. The van der Waals surface area contributed by atoms with E-state index in [-0.39, 0.29) is 32.2 Å². The minimum absolute atomic E-state index is 0. The smallest absolute Gasteiger partial charge is 1.00 e. The van der Waals surface area contributed by atoms with E-state index in [1.165, 1.54) is 0 Å². The molecule has 3 aromatic rings. The zero-order valence-corrected chi connectivity index (χ0v) is 19.2. The zero-order chi connectivity index (χ0) is 22.3. The van der Waals surface area contributed by atoms with Crippen molar-refractivity contribution in [3.8, 4) is 23.2 Å². The molecule has 10 heteroatoms. The van der Waals surface area contributed by atoms with Crippen LogP contribution in [-0.2, 0) is 4.79 Å². The number of carbonyl (C=O) groups is 1. The number of halogens is 1. The predicted molar refractivity (Wildman–Crippen MR) is 123 cm³/mol. The minimum Gasteiger partial charge on any atom is -1.00 e. The first-order valence-corrected chi connectivity index (χ1v) is 10.8. The fraction of sp³-hybridized carbons (Fsp3) is 0.391. The molecule has 4 rings (SSSR count). The maximum absolute atomic E-state index is 12.2. The molecule has 174 valence electrons. The molecule has 0 saturated carbocycles. The molecule has 0 bridgehead atoms. The molecule has 0 unspecified atom stereocenters. The number of nitrogens with zero attached hydrogens (tertiary/aromatic N) is 4. The molecule has 9 nitrogen and oxygen atoms in total. The number of fused-ring (bicyclic) bond motifs is 1. The van der Waals surface area contributed by atoms with Crippen molar-refractivity contribution >= 4 is 22.6 Å². The average Bonchev–Trinajstić information content (AvgIpc) is 3.29. The van der Waals surface area contributed by atoms with Gasteiger partial charge < -0.3 is 37.7 Å². The Morgan fingerprint density at radius 2 is 2.30 bits per heavy atom. The van der Waals surface area contributed by atoms with Gasteiger partial charge in [-0.1, -0.05) is 6.07 Å². The van der Waals surface area contributed by atoms with Crippen molar-refractivity contribution < 1.29 is 23.4 Å². The summed E-state index contributed by atoms with van der Waals surface area (Å²) in [7, 11) is 1.88. The Labute approximate surface area is 200 Å². The summed E-state index contributed by atoms with van der Waals surface area (Å²) in [6.45, 7) is 2.52. The number of likely N-dealkylation sites (N-methyl/N-ethyl adjacent to an activating group) is 1. The van der Waals surface area contributed by atoms with Gasteiger partial charge in [-0.05, 0) is 32.0 Å². The Morgan fingerprint density at radius 3 is 3.12 bits per heavy atom. The minimum atomic E-state index is -0.117. The molecule has 3 N–H and O–H groups in total. The van der Waals surface area contributed by atoms with E-state index < -0.39 is 0 Å². The maximum atomic E-state index is 12.2. The lowest BCUT2D eigenvalue weighted by Gasteiger charge is -2.34. The number of likely N-dealkylation sites (tertiary alicyclic amines) is 1. The monoisotopic (exact) mass is 469 g/mol. The summed E-state index contributed by atoms with van der Waals surface area (Å²) in [6.07, 6.45) is 5.41. The fourth-order valence-electron chi connectivity index (χ4n) is 3.97. The van der Waals surface area contributed by atoms with E-state index >= 15 is 0 Å². The van der Waals surface area contributed by atoms with Crippen LogP contribution >= 0.6 is 0 Å².